The molecule has 1 amide bonds. The van der Waals surface area contributed by atoms with Gasteiger partial charge in [0, 0.05) is 13.2 Å². The molecule has 1 saturated carbocycles. The molecule has 0 atom stereocenters. The quantitative estimate of drug-likeness (QED) is 0.765. The van der Waals surface area contributed by atoms with Gasteiger partial charge in [0.05, 0.1) is 13.0 Å². The molecule has 1 aliphatic rings. The van der Waals surface area contributed by atoms with Gasteiger partial charge in [-0.3, -0.25) is 4.79 Å². The van der Waals surface area contributed by atoms with E-state index in [1.54, 1.807) is 12.1 Å². The highest BCUT2D eigenvalue weighted by Crippen LogP contribution is 2.47. The van der Waals surface area contributed by atoms with E-state index in [-0.39, 0.29) is 36.7 Å². The summed E-state index contributed by atoms with van der Waals surface area (Å²) in [4.78, 5) is 11.6. The summed E-state index contributed by atoms with van der Waals surface area (Å²) in [5, 5.41) is 11.8. The first-order valence-electron chi connectivity index (χ1n) is 6.90. The van der Waals surface area contributed by atoms with Crippen molar-refractivity contribution in [3.63, 3.8) is 0 Å². The number of hydrogen-bond acceptors (Lipinski definition) is 3. The Labute approximate surface area is 117 Å². The van der Waals surface area contributed by atoms with Crippen molar-refractivity contribution < 1.29 is 19.0 Å². The van der Waals surface area contributed by atoms with E-state index < -0.39 is 5.82 Å². The number of amides is 1. The van der Waals surface area contributed by atoms with Crippen LogP contribution in [0.1, 0.15) is 25.7 Å². The molecule has 0 aliphatic heterocycles. The summed E-state index contributed by atoms with van der Waals surface area (Å²) < 4.78 is 18.5. The van der Waals surface area contributed by atoms with Crippen LogP contribution in [0.5, 0.6) is 5.75 Å². The minimum atomic E-state index is -0.423. The van der Waals surface area contributed by atoms with Crippen LogP contribution in [0, 0.1) is 11.2 Å². The second-order valence-corrected chi connectivity index (χ2v) is 5.28. The van der Waals surface area contributed by atoms with Gasteiger partial charge in [0.15, 0.2) is 11.6 Å². The number of aliphatic hydroxyl groups excluding tert-OH is 1. The molecule has 2 N–H and O–H groups in total. The van der Waals surface area contributed by atoms with E-state index in [0.29, 0.717) is 6.54 Å². The summed E-state index contributed by atoms with van der Waals surface area (Å²) in [5.74, 6) is -0.363. The van der Waals surface area contributed by atoms with Crippen LogP contribution in [-0.2, 0) is 4.79 Å². The van der Waals surface area contributed by atoms with Gasteiger partial charge in [0.1, 0.15) is 0 Å². The van der Waals surface area contributed by atoms with Crippen molar-refractivity contribution >= 4 is 5.91 Å². The van der Waals surface area contributed by atoms with E-state index in [2.05, 4.69) is 5.32 Å². The van der Waals surface area contributed by atoms with E-state index in [0.717, 1.165) is 19.3 Å². The summed E-state index contributed by atoms with van der Waals surface area (Å²) in [6.45, 7) is 0.915. The van der Waals surface area contributed by atoms with Gasteiger partial charge in [0.2, 0.25) is 5.91 Å². The van der Waals surface area contributed by atoms with Crippen molar-refractivity contribution in [3.05, 3.63) is 30.1 Å². The van der Waals surface area contributed by atoms with Crippen LogP contribution in [0.25, 0.3) is 0 Å². The Balaban J connectivity index is 1.65. The molecule has 2 rings (SSSR count). The number of aliphatic hydroxyl groups is 1. The fraction of sp³-hybridized carbons (Fsp3) is 0.533. The molecular weight excluding hydrogens is 261 g/mol. The number of carbonyl (C=O) groups excluding carboxylic acids is 1. The molecule has 0 radical (unpaired) electrons. The zero-order chi connectivity index (χ0) is 14.4. The fourth-order valence-electron chi connectivity index (χ4n) is 2.12. The van der Waals surface area contributed by atoms with E-state index in [1.807, 2.05) is 0 Å². The molecule has 1 aliphatic carbocycles. The van der Waals surface area contributed by atoms with Crippen LogP contribution in [0.4, 0.5) is 4.39 Å². The van der Waals surface area contributed by atoms with Crippen molar-refractivity contribution in [2.75, 3.05) is 19.8 Å². The summed E-state index contributed by atoms with van der Waals surface area (Å²) in [7, 11) is 0. The number of carbonyl (C=O) groups is 1. The van der Waals surface area contributed by atoms with E-state index >= 15 is 0 Å². The summed E-state index contributed by atoms with van der Waals surface area (Å²) >= 11 is 0. The number of nitrogens with one attached hydrogen (secondary N) is 1. The topological polar surface area (TPSA) is 58.6 Å². The Hall–Kier alpha value is -1.62. The lowest BCUT2D eigenvalue weighted by Gasteiger charge is -2.14. The molecular formula is C15H20FNO3. The van der Waals surface area contributed by atoms with Crippen LogP contribution in [0.15, 0.2) is 24.3 Å². The molecule has 0 spiro atoms. The smallest absolute Gasteiger partial charge is 0.223 e. The van der Waals surface area contributed by atoms with E-state index in [9.17, 15) is 9.18 Å². The van der Waals surface area contributed by atoms with E-state index in [1.165, 1.54) is 12.1 Å². The molecule has 20 heavy (non-hydrogen) atoms. The van der Waals surface area contributed by atoms with Gasteiger partial charge in [-0.15, -0.1) is 0 Å². The number of ether oxygens (including phenoxy) is 1. The second-order valence-electron chi connectivity index (χ2n) is 5.28. The predicted molar refractivity (Wildman–Crippen MR) is 72.9 cm³/mol. The predicted octanol–water partition coefficient (Wildman–Crippen LogP) is 1.87. The highest BCUT2D eigenvalue weighted by Gasteiger charge is 2.41. The van der Waals surface area contributed by atoms with Crippen LogP contribution >= 0.6 is 0 Å². The van der Waals surface area contributed by atoms with Gasteiger partial charge < -0.3 is 15.2 Å². The fourth-order valence-corrected chi connectivity index (χ4v) is 2.12. The number of hydrogen-bond donors (Lipinski definition) is 2. The lowest BCUT2D eigenvalue weighted by atomic mass is 10.0. The minimum Gasteiger partial charge on any atom is -0.490 e. The highest BCUT2D eigenvalue weighted by atomic mass is 19.1. The average Bonchev–Trinajstić information content (AvgIpc) is 3.19. The van der Waals surface area contributed by atoms with Gasteiger partial charge in [-0.05, 0) is 36.8 Å². The molecule has 0 aromatic heterocycles. The Morgan fingerprint density at radius 2 is 2.15 bits per heavy atom. The first kappa shape index (κ1) is 14.8. The number of rotatable bonds is 8. The normalized spacial score (nSPS) is 15.7. The maximum atomic E-state index is 13.3. The van der Waals surface area contributed by atoms with Crippen molar-refractivity contribution in [2.45, 2.75) is 25.7 Å². The Morgan fingerprint density at radius 1 is 1.40 bits per heavy atom. The van der Waals surface area contributed by atoms with Crippen LogP contribution in [0.3, 0.4) is 0 Å². The maximum absolute atomic E-state index is 13.3. The Morgan fingerprint density at radius 3 is 2.80 bits per heavy atom. The lowest BCUT2D eigenvalue weighted by molar-refractivity contribution is -0.121. The zero-order valence-electron chi connectivity index (χ0n) is 11.4. The summed E-state index contributed by atoms with van der Waals surface area (Å²) in [6.07, 6.45) is 3.04. The number of halogens is 1. The lowest BCUT2D eigenvalue weighted by Crippen LogP contribution is -2.31. The molecule has 0 unspecified atom stereocenters. The standard InChI is InChI=1S/C15H20FNO3/c16-12-3-1-2-4-13(12)20-10-5-14(19)17-11-15(6-7-15)8-9-18/h1-4,18H,5-11H2,(H,17,19). The van der Waals surface area contributed by atoms with Gasteiger partial charge in [-0.1, -0.05) is 12.1 Å². The summed E-state index contributed by atoms with van der Waals surface area (Å²) in [5.41, 5.74) is 0.108. The zero-order valence-corrected chi connectivity index (χ0v) is 11.4. The molecule has 5 heteroatoms. The van der Waals surface area contributed by atoms with Gasteiger partial charge in [-0.2, -0.15) is 0 Å². The van der Waals surface area contributed by atoms with Crippen molar-refractivity contribution in [1.29, 1.82) is 0 Å². The Bertz CT molecular complexity index is 460. The monoisotopic (exact) mass is 281 g/mol. The first-order chi connectivity index (χ1) is 9.65. The third-order valence-electron chi connectivity index (χ3n) is 3.68. The molecule has 1 fully saturated rings. The molecule has 1 aromatic carbocycles. The summed E-state index contributed by atoms with van der Waals surface area (Å²) in [6, 6.07) is 6.13. The molecule has 4 nitrogen and oxygen atoms in total. The molecule has 1 aromatic rings. The first-order valence-corrected chi connectivity index (χ1v) is 6.90. The molecule has 110 valence electrons. The van der Waals surface area contributed by atoms with E-state index in [4.69, 9.17) is 9.84 Å². The SMILES string of the molecule is O=C(CCOc1ccccc1F)NCC1(CCO)CC1. The van der Waals surface area contributed by atoms with Crippen LogP contribution in [0.2, 0.25) is 0 Å². The largest absolute Gasteiger partial charge is 0.490 e. The molecule has 0 heterocycles. The number of benzene rings is 1. The third-order valence-corrected chi connectivity index (χ3v) is 3.68. The highest BCUT2D eigenvalue weighted by molar-refractivity contribution is 5.76. The number of para-hydroxylation sites is 1. The van der Waals surface area contributed by atoms with Crippen molar-refractivity contribution in [1.82, 2.24) is 5.32 Å². The average molecular weight is 281 g/mol. The second kappa shape index (κ2) is 6.70. The minimum absolute atomic E-state index is 0.106. The molecule has 0 bridgehead atoms. The Kier molecular flexibility index (Phi) is 4.95. The van der Waals surface area contributed by atoms with Crippen molar-refractivity contribution in [2.24, 2.45) is 5.41 Å². The van der Waals surface area contributed by atoms with Gasteiger partial charge >= 0.3 is 0 Å². The maximum Gasteiger partial charge on any atom is 0.223 e. The third kappa shape index (κ3) is 4.20. The molecule has 0 saturated heterocycles. The van der Waals surface area contributed by atoms with Gasteiger partial charge in [-0.25, -0.2) is 4.39 Å². The van der Waals surface area contributed by atoms with Crippen LogP contribution in [-0.4, -0.2) is 30.8 Å². The van der Waals surface area contributed by atoms with Crippen molar-refractivity contribution in [3.8, 4) is 5.75 Å². The van der Waals surface area contributed by atoms with Gasteiger partial charge in [0.25, 0.3) is 0 Å². The van der Waals surface area contributed by atoms with Crippen LogP contribution < -0.4 is 10.1 Å².